The molecule has 2 heterocycles. The lowest BCUT2D eigenvalue weighted by Crippen LogP contribution is -1.93. The molecule has 0 amide bonds. The highest BCUT2D eigenvalue weighted by Gasteiger charge is 2.09. The molecule has 3 nitrogen and oxygen atoms in total. The van der Waals surface area contributed by atoms with Gasteiger partial charge in [0.1, 0.15) is 11.1 Å². The quantitative estimate of drug-likeness (QED) is 0.591. The van der Waals surface area contributed by atoms with E-state index in [1.54, 1.807) is 24.0 Å². The van der Waals surface area contributed by atoms with E-state index in [0.29, 0.717) is 5.56 Å². The van der Waals surface area contributed by atoms with Gasteiger partial charge < -0.3 is 0 Å². The molecule has 0 saturated carbocycles. The van der Waals surface area contributed by atoms with Gasteiger partial charge >= 0.3 is 0 Å². The molecule has 0 N–H and O–H groups in total. The summed E-state index contributed by atoms with van der Waals surface area (Å²) in [5.74, 6) is 0.765. The summed E-state index contributed by atoms with van der Waals surface area (Å²) in [7, 11) is 0. The lowest BCUT2D eigenvalue weighted by molar-refractivity contribution is 1.10. The van der Waals surface area contributed by atoms with Crippen molar-refractivity contribution < 1.29 is 0 Å². The second-order valence-corrected chi connectivity index (χ2v) is 6.67. The van der Waals surface area contributed by atoms with Crippen LogP contribution in [-0.2, 0) is 5.75 Å². The molecular formula is C18H12BrN3S. The fraction of sp³-hybridized carbons (Fsp3) is 0.0556. The molecule has 0 saturated heterocycles. The van der Waals surface area contributed by atoms with Crippen molar-refractivity contribution in [1.82, 2.24) is 9.97 Å². The maximum atomic E-state index is 9.29. The average Bonchev–Trinajstić information content (AvgIpc) is 2.62. The number of hydrogen-bond donors (Lipinski definition) is 0. The Labute approximate surface area is 147 Å². The molecule has 0 unspecified atom stereocenters. The maximum Gasteiger partial charge on any atom is 0.115 e. The average molecular weight is 382 g/mol. The Balaban J connectivity index is 1.85. The summed E-state index contributed by atoms with van der Waals surface area (Å²) in [6.07, 6.45) is 1.74. The van der Waals surface area contributed by atoms with E-state index < -0.39 is 0 Å². The molecule has 112 valence electrons. The first-order valence-corrected chi connectivity index (χ1v) is 8.74. The number of hydrogen-bond acceptors (Lipinski definition) is 4. The van der Waals surface area contributed by atoms with Gasteiger partial charge in [0.25, 0.3) is 0 Å². The molecule has 0 bridgehead atoms. The molecule has 0 aliphatic rings. The zero-order chi connectivity index (χ0) is 16.1. The van der Waals surface area contributed by atoms with Crippen molar-refractivity contribution in [1.29, 1.82) is 5.26 Å². The van der Waals surface area contributed by atoms with Crippen LogP contribution in [0, 0.1) is 11.3 Å². The van der Waals surface area contributed by atoms with Crippen LogP contribution in [0.4, 0.5) is 0 Å². The van der Waals surface area contributed by atoms with Crippen LogP contribution < -0.4 is 0 Å². The highest BCUT2D eigenvalue weighted by atomic mass is 79.9. The van der Waals surface area contributed by atoms with Gasteiger partial charge in [-0.2, -0.15) is 5.26 Å². The number of nitrogens with zero attached hydrogens (tertiary/aromatic N) is 3. The minimum atomic E-state index is 0.590. The van der Waals surface area contributed by atoms with Gasteiger partial charge in [-0.3, -0.25) is 4.98 Å². The standard InChI is InChI=1S/C18H12BrN3S/c19-15-7-4-13(5-8-15)12-23-18-14(11-20)6-9-17(22-18)16-3-1-2-10-21-16/h1-10H,12H2. The minimum absolute atomic E-state index is 0.590. The molecule has 0 atom stereocenters. The van der Waals surface area contributed by atoms with Crippen LogP contribution in [-0.4, -0.2) is 9.97 Å². The smallest absolute Gasteiger partial charge is 0.115 e. The Hall–Kier alpha value is -2.16. The predicted octanol–water partition coefficient (Wildman–Crippen LogP) is 5.07. The van der Waals surface area contributed by atoms with Crippen molar-refractivity contribution in [3.05, 3.63) is 76.4 Å². The molecule has 0 spiro atoms. The van der Waals surface area contributed by atoms with Crippen LogP contribution in [0.3, 0.4) is 0 Å². The van der Waals surface area contributed by atoms with E-state index in [4.69, 9.17) is 0 Å². The molecule has 1 aromatic carbocycles. The Morgan fingerprint density at radius 2 is 1.83 bits per heavy atom. The van der Waals surface area contributed by atoms with Crippen molar-refractivity contribution in [2.75, 3.05) is 0 Å². The van der Waals surface area contributed by atoms with Gasteiger partial charge in [0.05, 0.1) is 17.0 Å². The Bertz CT molecular complexity index is 842. The summed E-state index contributed by atoms with van der Waals surface area (Å²) in [5.41, 5.74) is 3.37. The summed E-state index contributed by atoms with van der Waals surface area (Å²) in [6.45, 7) is 0. The van der Waals surface area contributed by atoms with Gasteiger partial charge in [-0.15, -0.1) is 11.8 Å². The van der Waals surface area contributed by atoms with Crippen LogP contribution in [0.15, 0.2) is 70.3 Å². The summed E-state index contributed by atoms with van der Waals surface area (Å²) >= 11 is 4.99. The zero-order valence-corrected chi connectivity index (χ0v) is 14.5. The number of halogens is 1. The maximum absolute atomic E-state index is 9.29. The summed E-state index contributed by atoms with van der Waals surface area (Å²) in [4.78, 5) is 8.93. The summed E-state index contributed by atoms with van der Waals surface area (Å²) < 4.78 is 1.05. The fourth-order valence-corrected chi connectivity index (χ4v) is 3.22. The lowest BCUT2D eigenvalue weighted by Gasteiger charge is -2.06. The van der Waals surface area contributed by atoms with E-state index in [9.17, 15) is 5.26 Å². The van der Waals surface area contributed by atoms with Gasteiger partial charge in [0.15, 0.2) is 0 Å². The minimum Gasteiger partial charge on any atom is -0.255 e. The van der Waals surface area contributed by atoms with Crippen molar-refractivity contribution in [2.45, 2.75) is 10.8 Å². The number of aromatic nitrogens is 2. The molecular weight excluding hydrogens is 370 g/mol. The third-order valence-electron chi connectivity index (χ3n) is 3.20. The Kier molecular flexibility index (Phi) is 5.06. The molecule has 0 radical (unpaired) electrons. The van der Waals surface area contributed by atoms with Gasteiger partial charge in [0.2, 0.25) is 0 Å². The van der Waals surface area contributed by atoms with Crippen LogP contribution in [0.5, 0.6) is 0 Å². The molecule has 0 aliphatic heterocycles. The van der Waals surface area contributed by atoms with Crippen LogP contribution in [0.25, 0.3) is 11.4 Å². The van der Waals surface area contributed by atoms with E-state index >= 15 is 0 Å². The van der Waals surface area contributed by atoms with Gasteiger partial charge in [-0.1, -0.05) is 34.1 Å². The highest BCUT2D eigenvalue weighted by Crippen LogP contribution is 2.27. The second-order valence-electron chi connectivity index (χ2n) is 4.79. The number of thioether (sulfide) groups is 1. The largest absolute Gasteiger partial charge is 0.255 e. The van der Waals surface area contributed by atoms with Gasteiger partial charge in [-0.25, -0.2) is 4.98 Å². The molecule has 3 aromatic rings. The molecule has 2 aromatic heterocycles. The first-order chi connectivity index (χ1) is 11.3. The van der Waals surface area contributed by atoms with Gasteiger partial charge in [-0.05, 0) is 42.0 Å². The molecule has 3 rings (SSSR count). The first-order valence-electron chi connectivity index (χ1n) is 6.96. The molecule has 0 aliphatic carbocycles. The molecule has 23 heavy (non-hydrogen) atoms. The third kappa shape index (κ3) is 3.98. The zero-order valence-electron chi connectivity index (χ0n) is 12.1. The van der Waals surface area contributed by atoms with E-state index in [1.165, 1.54) is 5.56 Å². The van der Waals surface area contributed by atoms with Crippen molar-refractivity contribution in [3.63, 3.8) is 0 Å². The van der Waals surface area contributed by atoms with E-state index in [2.05, 4.69) is 44.1 Å². The number of rotatable bonds is 4. The van der Waals surface area contributed by atoms with Crippen molar-refractivity contribution in [2.24, 2.45) is 0 Å². The first kappa shape index (κ1) is 15.7. The van der Waals surface area contributed by atoms with Crippen LogP contribution in [0.2, 0.25) is 0 Å². The topological polar surface area (TPSA) is 49.6 Å². The fourth-order valence-electron chi connectivity index (χ4n) is 2.02. The van der Waals surface area contributed by atoms with Gasteiger partial charge in [0, 0.05) is 16.4 Å². The predicted molar refractivity (Wildman–Crippen MR) is 95.9 cm³/mol. The van der Waals surface area contributed by atoms with E-state index in [0.717, 1.165) is 26.6 Å². The summed E-state index contributed by atoms with van der Waals surface area (Å²) in [6, 6.07) is 19.7. The van der Waals surface area contributed by atoms with Crippen molar-refractivity contribution >= 4 is 27.7 Å². The second kappa shape index (κ2) is 7.40. The number of pyridine rings is 2. The highest BCUT2D eigenvalue weighted by molar-refractivity contribution is 9.10. The Morgan fingerprint density at radius 3 is 2.52 bits per heavy atom. The lowest BCUT2D eigenvalue weighted by atomic mass is 10.2. The normalized spacial score (nSPS) is 10.3. The monoisotopic (exact) mass is 381 g/mol. The van der Waals surface area contributed by atoms with E-state index in [1.807, 2.05) is 36.4 Å². The number of benzene rings is 1. The van der Waals surface area contributed by atoms with Crippen LogP contribution >= 0.6 is 27.7 Å². The van der Waals surface area contributed by atoms with E-state index in [-0.39, 0.29) is 0 Å². The molecule has 5 heteroatoms. The SMILES string of the molecule is N#Cc1ccc(-c2ccccn2)nc1SCc1ccc(Br)cc1. The Morgan fingerprint density at radius 1 is 1.00 bits per heavy atom. The number of nitriles is 1. The third-order valence-corrected chi connectivity index (χ3v) is 4.79. The summed E-state index contributed by atoms with van der Waals surface area (Å²) in [5, 5.41) is 10.0. The molecule has 0 fully saturated rings. The van der Waals surface area contributed by atoms with Crippen molar-refractivity contribution in [3.8, 4) is 17.5 Å². The van der Waals surface area contributed by atoms with Crippen LogP contribution in [0.1, 0.15) is 11.1 Å².